The number of aryl methyl sites for hydroxylation is 1. The zero-order chi connectivity index (χ0) is 29.5. The highest BCUT2D eigenvalue weighted by atomic mass is 35.5. The monoisotopic (exact) mass is 621 g/mol. The third-order valence-corrected chi connectivity index (χ3v) is 8.94. The molecule has 1 aliphatic carbocycles. The maximum absolute atomic E-state index is 14.3. The first kappa shape index (κ1) is 30.3. The molecule has 2 aliphatic rings. The van der Waals surface area contributed by atoms with Crippen LogP contribution < -0.4 is 5.32 Å². The van der Waals surface area contributed by atoms with Crippen LogP contribution in [0.5, 0.6) is 0 Å². The predicted octanol–water partition coefficient (Wildman–Crippen LogP) is 6.32. The molecule has 7 nitrogen and oxygen atoms in total. The number of oxime groups is 1. The van der Waals surface area contributed by atoms with Crippen molar-refractivity contribution in [2.24, 2.45) is 9.52 Å². The molecule has 0 radical (unpaired) electrons. The standard InChI is InChI=1S/C26H25Cl2F4N3O4S/c1-14-10-15(6-7-18(14)24(37)35-40(2,38)9-8-22(36)33-17-4-3-5-17)21-13-25(39-34-21,26(30,31)32)16-11-19(27)23(29)20(28)12-16/h6-7,10-12,17H,3-5,8-9,13H2,1-2H3,(H,33,36). The van der Waals surface area contributed by atoms with Crippen LogP contribution in [0.3, 0.4) is 0 Å². The van der Waals surface area contributed by atoms with E-state index in [1.54, 1.807) is 6.92 Å². The van der Waals surface area contributed by atoms with E-state index >= 15 is 0 Å². The number of nitrogens with zero attached hydrogens (tertiary/aromatic N) is 2. The van der Waals surface area contributed by atoms with Gasteiger partial charge in [0, 0.05) is 42.0 Å². The van der Waals surface area contributed by atoms with Gasteiger partial charge in [0.1, 0.15) is 0 Å². The van der Waals surface area contributed by atoms with Crippen molar-refractivity contribution in [2.45, 2.75) is 56.8 Å². The van der Waals surface area contributed by atoms with Crippen LogP contribution in [-0.2, 0) is 25.0 Å². The average Bonchev–Trinajstić information content (AvgIpc) is 3.30. The van der Waals surface area contributed by atoms with Crippen molar-refractivity contribution in [3.05, 3.63) is 68.4 Å². The molecule has 0 saturated heterocycles. The minimum atomic E-state index is -4.97. The second kappa shape index (κ2) is 11.3. The summed E-state index contributed by atoms with van der Waals surface area (Å²) in [6.45, 7) is 1.54. The summed E-state index contributed by atoms with van der Waals surface area (Å²) in [6.07, 6.45) is -1.60. The normalized spacial score (nSPS) is 20.6. The van der Waals surface area contributed by atoms with Crippen molar-refractivity contribution < 1.29 is 36.2 Å². The van der Waals surface area contributed by atoms with Gasteiger partial charge in [0.2, 0.25) is 5.91 Å². The lowest BCUT2D eigenvalue weighted by molar-refractivity contribution is -0.275. The molecule has 1 saturated carbocycles. The van der Waals surface area contributed by atoms with Crippen molar-refractivity contribution >= 4 is 50.5 Å². The van der Waals surface area contributed by atoms with Gasteiger partial charge in [-0.1, -0.05) is 34.4 Å². The van der Waals surface area contributed by atoms with E-state index in [0.717, 1.165) is 31.4 Å². The second-order valence-corrected chi connectivity index (χ2v) is 13.2. The molecule has 2 atom stereocenters. The summed E-state index contributed by atoms with van der Waals surface area (Å²) in [6, 6.07) is 5.88. The van der Waals surface area contributed by atoms with Crippen molar-refractivity contribution in [1.29, 1.82) is 0 Å². The van der Waals surface area contributed by atoms with Crippen LogP contribution in [0.15, 0.2) is 39.9 Å². The summed E-state index contributed by atoms with van der Waals surface area (Å²) in [7, 11) is -3.02. The molecule has 0 aromatic heterocycles. The van der Waals surface area contributed by atoms with Gasteiger partial charge in [-0.2, -0.15) is 17.5 Å². The number of carbonyl (C=O) groups excluding carboxylic acids is 2. The van der Waals surface area contributed by atoms with Gasteiger partial charge < -0.3 is 10.2 Å². The first-order valence-electron chi connectivity index (χ1n) is 12.2. The summed E-state index contributed by atoms with van der Waals surface area (Å²) in [5.41, 5.74) is -2.87. The summed E-state index contributed by atoms with van der Waals surface area (Å²) in [5, 5.41) is 5.29. The second-order valence-electron chi connectivity index (χ2n) is 9.92. The Morgan fingerprint density at radius 2 is 1.85 bits per heavy atom. The highest BCUT2D eigenvalue weighted by Crippen LogP contribution is 2.50. The number of hydrogen-bond donors (Lipinski definition) is 1. The molecule has 216 valence electrons. The molecular formula is C26H25Cl2F4N3O4S. The number of amides is 2. The fraction of sp³-hybridized carbons (Fsp3) is 0.423. The SMILES string of the molecule is Cc1cc(C2=NOC(c3cc(Cl)c(F)c(Cl)c3)(C(F)(F)F)C2)ccc1C(=O)N=S(C)(=O)CCC(=O)NC1CCC1. The van der Waals surface area contributed by atoms with Crippen LogP contribution in [0.4, 0.5) is 17.6 Å². The van der Waals surface area contributed by atoms with E-state index < -0.39 is 55.3 Å². The molecule has 40 heavy (non-hydrogen) atoms. The van der Waals surface area contributed by atoms with Gasteiger partial charge in [0.15, 0.2) is 5.82 Å². The number of halogens is 6. The van der Waals surface area contributed by atoms with E-state index in [-0.39, 0.29) is 41.0 Å². The minimum Gasteiger partial charge on any atom is -0.374 e. The molecule has 2 amide bonds. The molecule has 4 rings (SSSR count). The summed E-state index contributed by atoms with van der Waals surface area (Å²) < 4.78 is 73.3. The van der Waals surface area contributed by atoms with Crippen molar-refractivity contribution in [1.82, 2.24) is 5.32 Å². The van der Waals surface area contributed by atoms with Gasteiger partial charge in [-0.25, -0.2) is 8.60 Å². The number of rotatable bonds is 7. The Hall–Kier alpha value is -2.70. The summed E-state index contributed by atoms with van der Waals surface area (Å²) in [4.78, 5) is 29.8. The van der Waals surface area contributed by atoms with Crippen molar-refractivity contribution in [3.8, 4) is 0 Å². The van der Waals surface area contributed by atoms with Gasteiger partial charge >= 0.3 is 6.18 Å². The first-order valence-corrected chi connectivity index (χ1v) is 15.1. The minimum absolute atomic E-state index is 0.0359. The quantitative estimate of drug-likeness (QED) is 0.289. The number of alkyl halides is 3. The lowest BCUT2D eigenvalue weighted by atomic mass is 9.86. The molecule has 1 heterocycles. The van der Waals surface area contributed by atoms with Gasteiger partial charge in [0.05, 0.1) is 25.5 Å². The van der Waals surface area contributed by atoms with E-state index in [4.69, 9.17) is 28.0 Å². The molecule has 2 aromatic rings. The highest BCUT2D eigenvalue weighted by molar-refractivity contribution is 7.93. The Balaban J connectivity index is 1.52. The third kappa shape index (κ3) is 6.28. The Kier molecular flexibility index (Phi) is 8.54. The van der Waals surface area contributed by atoms with Crippen LogP contribution in [0, 0.1) is 12.7 Å². The van der Waals surface area contributed by atoms with Gasteiger partial charge in [0.25, 0.3) is 11.5 Å². The van der Waals surface area contributed by atoms with Gasteiger partial charge in [-0.15, -0.1) is 0 Å². The topological polar surface area (TPSA) is 97.2 Å². The summed E-state index contributed by atoms with van der Waals surface area (Å²) >= 11 is 11.5. The van der Waals surface area contributed by atoms with E-state index in [2.05, 4.69) is 14.8 Å². The molecule has 2 aromatic carbocycles. The number of carbonyl (C=O) groups is 2. The molecule has 14 heteroatoms. The molecular weight excluding hydrogens is 597 g/mol. The van der Waals surface area contributed by atoms with Crippen LogP contribution in [0.1, 0.15) is 59.2 Å². The van der Waals surface area contributed by atoms with Crippen LogP contribution in [0.25, 0.3) is 0 Å². The Morgan fingerprint density at radius 3 is 2.40 bits per heavy atom. The molecule has 2 unspecified atom stereocenters. The van der Waals surface area contributed by atoms with Crippen molar-refractivity contribution in [3.63, 3.8) is 0 Å². The number of nitrogens with one attached hydrogen (secondary N) is 1. The zero-order valence-corrected chi connectivity index (χ0v) is 23.7. The average molecular weight is 622 g/mol. The summed E-state index contributed by atoms with van der Waals surface area (Å²) in [5.74, 6) is -2.18. The lowest BCUT2D eigenvalue weighted by Crippen LogP contribution is -2.42. The van der Waals surface area contributed by atoms with E-state index in [1.807, 2.05) is 0 Å². The molecule has 0 bridgehead atoms. The lowest BCUT2D eigenvalue weighted by Gasteiger charge is -2.29. The fourth-order valence-electron chi connectivity index (χ4n) is 4.34. The highest BCUT2D eigenvalue weighted by Gasteiger charge is 2.62. The Morgan fingerprint density at radius 1 is 1.20 bits per heavy atom. The maximum Gasteiger partial charge on any atom is 0.435 e. The number of benzene rings is 2. The first-order chi connectivity index (χ1) is 18.6. The van der Waals surface area contributed by atoms with Crippen LogP contribution >= 0.6 is 23.2 Å². The predicted molar refractivity (Wildman–Crippen MR) is 144 cm³/mol. The van der Waals surface area contributed by atoms with Crippen LogP contribution in [0.2, 0.25) is 10.0 Å². The maximum atomic E-state index is 14.3. The van der Waals surface area contributed by atoms with Crippen molar-refractivity contribution in [2.75, 3.05) is 12.0 Å². The van der Waals surface area contributed by atoms with Crippen LogP contribution in [-0.4, -0.2) is 46.0 Å². The Labute approximate surface area is 238 Å². The smallest absolute Gasteiger partial charge is 0.374 e. The number of hydrogen-bond acceptors (Lipinski definition) is 5. The molecule has 1 N–H and O–H groups in total. The van der Waals surface area contributed by atoms with E-state index in [1.165, 1.54) is 24.5 Å². The largest absolute Gasteiger partial charge is 0.435 e. The van der Waals surface area contributed by atoms with E-state index in [0.29, 0.717) is 5.56 Å². The molecule has 1 aliphatic heterocycles. The van der Waals surface area contributed by atoms with E-state index in [9.17, 15) is 31.4 Å². The fourth-order valence-corrected chi connectivity index (χ4v) is 5.93. The molecule has 1 fully saturated rings. The zero-order valence-electron chi connectivity index (χ0n) is 21.4. The molecule has 0 spiro atoms. The van der Waals surface area contributed by atoms with Gasteiger partial charge in [-0.05, 0) is 61.6 Å². The third-order valence-electron chi connectivity index (χ3n) is 6.88. The van der Waals surface area contributed by atoms with Gasteiger partial charge in [-0.3, -0.25) is 9.59 Å². The Bertz CT molecular complexity index is 1490.